The summed E-state index contributed by atoms with van der Waals surface area (Å²) in [5, 5.41) is 3.49. The fraction of sp³-hybridized carbons (Fsp3) is 0.438. The second-order valence-electron chi connectivity index (χ2n) is 5.42. The first-order valence-corrected chi connectivity index (χ1v) is 7.04. The zero-order chi connectivity index (χ0) is 13.2. The predicted molar refractivity (Wildman–Crippen MR) is 78.5 cm³/mol. The summed E-state index contributed by atoms with van der Waals surface area (Å²) in [6.07, 6.45) is 6.52. The molecule has 1 saturated carbocycles. The Morgan fingerprint density at radius 1 is 1.53 bits per heavy atom. The first kappa shape index (κ1) is 12.3. The highest BCUT2D eigenvalue weighted by Gasteiger charge is 2.28. The van der Waals surface area contributed by atoms with Crippen LogP contribution in [0.2, 0.25) is 0 Å². The maximum absolute atomic E-state index is 5.76. The quantitative estimate of drug-likeness (QED) is 0.775. The molecule has 0 spiro atoms. The number of hydrogen-bond donors (Lipinski definition) is 1. The number of aromatic nitrogens is 1. The summed E-state index contributed by atoms with van der Waals surface area (Å²) < 4.78 is 5.76. The van der Waals surface area contributed by atoms with E-state index in [0.29, 0.717) is 12.0 Å². The summed E-state index contributed by atoms with van der Waals surface area (Å²) in [6, 6.07) is 6.59. The van der Waals surface area contributed by atoms with E-state index in [9.17, 15) is 0 Å². The van der Waals surface area contributed by atoms with Crippen LogP contribution in [0.1, 0.15) is 44.4 Å². The molecule has 0 bridgehead atoms. The Bertz CT molecular complexity index is 583. The van der Waals surface area contributed by atoms with Crippen LogP contribution < -0.4 is 5.32 Å². The van der Waals surface area contributed by atoms with Gasteiger partial charge in [-0.2, -0.15) is 0 Å². The molecular formula is C16H20N2O. The Labute approximate surface area is 113 Å². The van der Waals surface area contributed by atoms with Gasteiger partial charge in [0, 0.05) is 17.6 Å². The molecule has 1 aliphatic carbocycles. The van der Waals surface area contributed by atoms with E-state index < -0.39 is 0 Å². The third kappa shape index (κ3) is 2.80. The number of nitrogens with zero attached hydrogens (tertiary/aromatic N) is 1. The molecule has 2 aromatic rings. The van der Waals surface area contributed by atoms with Crippen molar-refractivity contribution < 1.29 is 4.42 Å². The molecule has 1 atom stereocenters. The lowest BCUT2D eigenvalue weighted by Crippen LogP contribution is -2.14. The molecule has 1 N–H and O–H groups in total. The lowest BCUT2D eigenvalue weighted by atomic mass is 10.1. The summed E-state index contributed by atoms with van der Waals surface area (Å²) in [5.74, 6) is 1.47. The molecule has 1 unspecified atom stereocenters. The summed E-state index contributed by atoms with van der Waals surface area (Å²) in [6.45, 7) is 5.94. The van der Waals surface area contributed by atoms with Crippen LogP contribution in [0.15, 0.2) is 35.3 Å². The number of fused-ring (bicyclic) bond motifs is 1. The third-order valence-corrected chi connectivity index (χ3v) is 3.55. The Hall–Kier alpha value is -1.77. The lowest BCUT2D eigenvalue weighted by Gasteiger charge is -2.13. The molecule has 0 aliphatic heterocycles. The molecule has 19 heavy (non-hydrogen) atoms. The Balaban J connectivity index is 1.74. The van der Waals surface area contributed by atoms with Gasteiger partial charge in [-0.05, 0) is 50.8 Å². The number of nitrogens with one attached hydrogen (secondary N) is 1. The van der Waals surface area contributed by atoms with Gasteiger partial charge < -0.3 is 9.73 Å². The first-order chi connectivity index (χ1) is 9.26. The van der Waals surface area contributed by atoms with Gasteiger partial charge in [-0.15, -0.1) is 6.58 Å². The van der Waals surface area contributed by atoms with Gasteiger partial charge in [0.05, 0.1) is 0 Å². The van der Waals surface area contributed by atoms with Crippen molar-refractivity contribution in [2.24, 2.45) is 0 Å². The van der Waals surface area contributed by atoms with Crippen molar-refractivity contribution in [3.8, 4) is 0 Å². The van der Waals surface area contributed by atoms with E-state index in [1.165, 1.54) is 12.8 Å². The van der Waals surface area contributed by atoms with Gasteiger partial charge in [0.1, 0.15) is 5.52 Å². The molecule has 0 saturated heterocycles. The summed E-state index contributed by atoms with van der Waals surface area (Å²) >= 11 is 0. The van der Waals surface area contributed by atoms with E-state index in [1.807, 2.05) is 12.1 Å². The molecule has 1 fully saturated rings. The summed E-state index contributed by atoms with van der Waals surface area (Å²) in [4.78, 5) is 4.58. The molecule has 3 rings (SSSR count). The van der Waals surface area contributed by atoms with Crippen molar-refractivity contribution in [3.63, 3.8) is 0 Å². The number of anilines is 1. The van der Waals surface area contributed by atoms with Crippen LogP contribution in [-0.2, 0) is 0 Å². The van der Waals surface area contributed by atoms with Gasteiger partial charge >= 0.3 is 0 Å². The number of rotatable bonds is 6. The lowest BCUT2D eigenvalue weighted by molar-refractivity contribution is 0.533. The molecule has 1 aliphatic rings. The highest BCUT2D eigenvalue weighted by Crippen LogP contribution is 2.40. The normalized spacial score (nSPS) is 16.5. The number of hydrogen-bond acceptors (Lipinski definition) is 3. The number of benzene rings is 1. The maximum atomic E-state index is 5.76. The van der Waals surface area contributed by atoms with Crippen molar-refractivity contribution in [3.05, 3.63) is 36.7 Å². The van der Waals surface area contributed by atoms with Crippen LogP contribution in [0, 0.1) is 0 Å². The van der Waals surface area contributed by atoms with E-state index in [1.54, 1.807) is 0 Å². The molecule has 0 radical (unpaired) electrons. The maximum Gasteiger partial charge on any atom is 0.198 e. The fourth-order valence-electron chi connectivity index (χ4n) is 2.26. The van der Waals surface area contributed by atoms with Gasteiger partial charge in [0.2, 0.25) is 0 Å². The molecular weight excluding hydrogens is 236 g/mol. The standard InChI is InChI=1S/C16H20N2O/c1-3-4-5-11(2)17-13-8-9-15-14(10-13)18-16(19-15)12-6-7-12/h3,8-12,17H,1,4-7H2,2H3. The average molecular weight is 256 g/mol. The number of allylic oxidation sites excluding steroid dienone is 1. The minimum absolute atomic E-state index is 0.435. The molecule has 3 heteroatoms. The zero-order valence-electron chi connectivity index (χ0n) is 11.4. The van der Waals surface area contributed by atoms with Crippen LogP contribution in [0.3, 0.4) is 0 Å². The molecule has 100 valence electrons. The van der Waals surface area contributed by atoms with E-state index in [4.69, 9.17) is 4.42 Å². The minimum atomic E-state index is 0.435. The zero-order valence-corrected chi connectivity index (χ0v) is 11.4. The molecule has 1 aromatic carbocycles. The SMILES string of the molecule is C=CCCC(C)Nc1ccc2oc(C3CC3)nc2c1. The summed E-state index contributed by atoms with van der Waals surface area (Å²) in [5.41, 5.74) is 2.97. The smallest absolute Gasteiger partial charge is 0.198 e. The highest BCUT2D eigenvalue weighted by atomic mass is 16.3. The van der Waals surface area contributed by atoms with Crippen LogP contribution in [-0.4, -0.2) is 11.0 Å². The molecule has 0 amide bonds. The highest BCUT2D eigenvalue weighted by molar-refractivity contribution is 5.77. The Kier molecular flexibility index (Phi) is 3.28. The van der Waals surface area contributed by atoms with Gasteiger partial charge in [-0.1, -0.05) is 6.08 Å². The van der Waals surface area contributed by atoms with E-state index in [-0.39, 0.29) is 0 Å². The summed E-state index contributed by atoms with van der Waals surface area (Å²) in [7, 11) is 0. The van der Waals surface area contributed by atoms with Crippen molar-refractivity contribution in [1.29, 1.82) is 0 Å². The van der Waals surface area contributed by atoms with E-state index in [0.717, 1.165) is 35.5 Å². The molecule has 1 aromatic heterocycles. The van der Waals surface area contributed by atoms with Gasteiger partial charge in [0.15, 0.2) is 11.5 Å². The second kappa shape index (κ2) is 5.08. The molecule has 1 heterocycles. The van der Waals surface area contributed by atoms with Crippen molar-refractivity contribution in [1.82, 2.24) is 4.98 Å². The van der Waals surface area contributed by atoms with Gasteiger partial charge in [-0.25, -0.2) is 4.98 Å². The van der Waals surface area contributed by atoms with Crippen LogP contribution in [0.5, 0.6) is 0 Å². The first-order valence-electron chi connectivity index (χ1n) is 7.04. The van der Waals surface area contributed by atoms with Crippen molar-refractivity contribution >= 4 is 16.8 Å². The second-order valence-corrected chi connectivity index (χ2v) is 5.42. The Morgan fingerprint density at radius 2 is 2.37 bits per heavy atom. The molecule has 3 nitrogen and oxygen atoms in total. The number of oxazole rings is 1. The van der Waals surface area contributed by atoms with Crippen LogP contribution in [0.4, 0.5) is 5.69 Å². The van der Waals surface area contributed by atoms with Crippen LogP contribution in [0.25, 0.3) is 11.1 Å². The van der Waals surface area contributed by atoms with E-state index >= 15 is 0 Å². The van der Waals surface area contributed by atoms with Gasteiger partial charge in [0.25, 0.3) is 0 Å². The average Bonchev–Trinajstić information content (AvgIpc) is 3.16. The monoisotopic (exact) mass is 256 g/mol. The van der Waals surface area contributed by atoms with Crippen molar-refractivity contribution in [2.75, 3.05) is 5.32 Å². The van der Waals surface area contributed by atoms with Crippen molar-refractivity contribution in [2.45, 2.75) is 44.6 Å². The van der Waals surface area contributed by atoms with Gasteiger partial charge in [-0.3, -0.25) is 0 Å². The minimum Gasteiger partial charge on any atom is -0.440 e. The van der Waals surface area contributed by atoms with E-state index in [2.05, 4.69) is 35.9 Å². The Morgan fingerprint density at radius 3 is 3.11 bits per heavy atom. The van der Waals surface area contributed by atoms with Crippen LogP contribution >= 0.6 is 0 Å². The fourth-order valence-corrected chi connectivity index (χ4v) is 2.26. The topological polar surface area (TPSA) is 38.1 Å². The predicted octanol–water partition coefficient (Wildman–Crippen LogP) is 4.47. The largest absolute Gasteiger partial charge is 0.440 e. The third-order valence-electron chi connectivity index (χ3n) is 3.55.